The molecule has 0 spiro atoms. The van der Waals surface area contributed by atoms with Gasteiger partial charge in [-0.15, -0.1) is 0 Å². The summed E-state index contributed by atoms with van der Waals surface area (Å²) >= 11 is 0. The van der Waals surface area contributed by atoms with Gasteiger partial charge in [-0.3, -0.25) is 9.80 Å². The van der Waals surface area contributed by atoms with Crippen molar-refractivity contribution in [1.82, 2.24) is 19.4 Å². The van der Waals surface area contributed by atoms with Crippen LogP contribution in [0.2, 0.25) is 0 Å². The van der Waals surface area contributed by atoms with Crippen molar-refractivity contribution >= 4 is 11.0 Å². The lowest BCUT2D eigenvalue weighted by molar-refractivity contribution is 0.0482. The van der Waals surface area contributed by atoms with Crippen LogP contribution in [-0.4, -0.2) is 71.0 Å². The summed E-state index contributed by atoms with van der Waals surface area (Å²) in [7, 11) is 3.35. The molecule has 7 nitrogen and oxygen atoms in total. The van der Waals surface area contributed by atoms with Crippen molar-refractivity contribution in [2.24, 2.45) is 0 Å². The molecule has 1 atom stereocenters. The first-order valence-corrected chi connectivity index (χ1v) is 11.4. The SMILES string of the molecule is CCn1c(CN2CCN(Cc3cc(OC)cc(OC)c3)[C@H](CCO)C2)nc2ccccc21. The third kappa shape index (κ3) is 4.90. The number of hydrogen-bond acceptors (Lipinski definition) is 6. The van der Waals surface area contributed by atoms with Crippen molar-refractivity contribution < 1.29 is 14.6 Å². The van der Waals surface area contributed by atoms with E-state index in [1.54, 1.807) is 14.2 Å². The molecule has 0 radical (unpaired) electrons. The zero-order valence-electron chi connectivity index (χ0n) is 19.3. The van der Waals surface area contributed by atoms with Crippen LogP contribution < -0.4 is 9.47 Å². The van der Waals surface area contributed by atoms with Gasteiger partial charge in [0, 0.05) is 51.4 Å². The number of methoxy groups -OCH3 is 2. The van der Waals surface area contributed by atoms with Crippen molar-refractivity contribution in [2.75, 3.05) is 40.5 Å². The van der Waals surface area contributed by atoms with Gasteiger partial charge in [-0.05, 0) is 43.2 Å². The molecule has 0 saturated carbocycles. The van der Waals surface area contributed by atoms with Crippen molar-refractivity contribution in [3.8, 4) is 11.5 Å². The second-order valence-corrected chi connectivity index (χ2v) is 8.35. The van der Waals surface area contributed by atoms with E-state index in [4.69, 9.17) is 14.5 Å². The Morgan fingerprint density at radius 1 is 1.03 bits per heavy atom. The summed E-state index contributed by atoms with van der Waals surface area (Å²) in [5.41, 5.74) is 3.41. The molecule has 4 rings (SSSR count). The van der Waals surface area contributed by atoms with Crippen molar-refractivity contribution in [2.45, 2.75) is 39.0 Å². The Labute approximate surface area is 190 Å². The molecule has 0 aliphatic carbocycles. The molecule has 1 aliphatic rings. The van der Waals surface area contributed by atoms with E-state index in [0.29, 0.717) is 0 Å². The molecular formula is C25H34N4O3. The van der Waals surface area contributed by atoms with Crippen LogP contribution in [0.15, 0.2) is 42.5 Å². The summed E-state index contributed by atoms with van der Waals surface area (Å²) in [5, 5.41) is 9.72. The maximum atomic E-state index is 9.72. The van der Waals surface area contributed by atoms with Crippen LogP contribution in [0, 0.1) is 0 Å². The van der Waals surface area contributed by atoms with Crippen molar-refractivity contribution in [3.63, 3.8) is 0 Å². The monoisotopic (exact) mass is 438 g/mol. The first-order valence-electron chi connectivity index (χ1n) is 11.4. The highest BCUT2D eigenvalue weighted by Gasteiger charge is 2.28. The number of para-hydroxylation sites is 2. The van der Waals surface area contributed by atoms with E-state index in [0.717, 1.165) is 74.1 Å². The van der Waals surface area contributed by atoms with Gasteiger partial charge in [0.2, 0.25) is 0 Å². The largest absolute Gasteiger partial charge is 0.497 e. The first-order chi connectivity index (χ1) is 15.6. The summed E-state index contributed by atoms with van der Waals surface area (Å²) < 4.78 is 13.2. The third-order valence-electron chi connectivity index (χ3n) is 6.36. The smallest absolute Gasteiger partial charge is 0.124 e. The standard InChI is InChI=1S/C25H34N4O3/c1-4-29-24-8-6-5-7-23(24)26-25(29)18-27-10-11-28(20(17-27)9-12-30)16-19-13-21(31-2)15-22(14-19)32-3/h5-8,13-15,20,30H,4,9-12,16-18H2,1-3H3/t20-/m1/s1. The highest BCUT2D eigenvalue weighted by Crippen LogP contribution is 2.26. The zero-order chi connectivity index (χ0) is 22.5. The van der Waals surface area contributed by atoms with E-state index in [1.807, 2.05) is 12.1 Å². The molecule has 1 saturated heterocycles. The maximum Gasteiger partial charge on any atom is 0.124 e. The van der Waals surface area contributed by atoms with Gasteiger partial charge in [-0.1, -0.05) is 12.1 Å². The highest BCUT2D eigenvalue weighted by atomic mass is 16.5. The Morgan fingerprint density at radius 2 is 1.78 bits per heavy atom. The molecule has 172 valence electrons. The Bertz CT molecular complexity index is 1010. The number of benzene rings is 2. The lowest BCUT2D eigenvalue weighted by Crippen LogP contribution is -2.52. The minimum atomic E-state index is 0.184. The van der Waals surface area contributed by atoms with Crippen LogP contribution in [-0.2, 0) is 19.6 Å². The van der Waals surface area contributed by atoms with Gasteiger partial charge in [0.15, 0.2) is 0 Å². The number of ether oxygens (including phenoxy) is 2. The Hall–Kier alpha value is -2.61. The van der Waals surface area contributed by atoms with Gasteiger partial charge in [0.25, 0.3) is 0 Å². The zero-order valence-corrected chi connectivity index (χ0v) is 19.3. The average molecular weight is 439 g/mol. The number of piperazine rings is 1. The van der Waals surface area contributed by atoms with E-state index in [-0.39, 0.29) is 12.6 Å². The lowest BCUT2D eigenvalue weighted by Gasteiger charge is -2.41. The Morgan fingerprint density at radius 3 is 2.47 bits per heavy atom. The molecule has 1 fully saturated rings. The molecule has 2 aromatic carbocycles. The molecule has 7 heteroatoms. The number of aliphatic hydroxyl groups excluding tert-OH is 1. The molecule has 2 heterocycles. The normalized spacial score (nSPS) is 17.7. The van der Waals surface area contributed by atoms with Crippen LogP contribution in [0.5, 0.6) is 11.5 Å². The molecule has 1 N–H and O–H groups in total. The number of nitrogens with zero attached hydrogens (tertiary/aromatic N) is 4. The van der Waals surface area contributed by atoms with Gasteiger partial charge < -0.3 is 19.1 Å². The van der Waals surface area contributed by atoms with Crippen molar-refractivity contribution in [3.05, 3.63) is 53.9 Å². The lowest BCUT2D eigenvalue weighted by atomic mass is 10.1. The van der Waals surface area contributed by atoms with Crippen molar-refractivity contribution in [1.29, 1.82) is 0 Å². The fourth-order valence-corrected chi connectivity index (χ4v) is 4.72. The minimum absolute atomic E-state index is 0.184. The second-order valence-electron chi connectivity index (χ2n) is 8.35. The molecule has 0 bridgehead atoms. The molecule has 0 unspecified atom stereocenters. The maximum absolute atomic E-state index is 9.72. The summed E-state index contributed by atoms with van der Waals surface area (Å²) in [6.45, 7) is 7.72. The molecule has 0 amide bonds. The third-order valence-corrected chi connectivity index (χ3v) is 6.36. The Kier molecular flexibility index (Phi) is 7.29. The molecule has 1 aromatic heterocycles. The fraction of sp³-hybridized carbons (Fsp3) is 0.480. The van der Waals surface area contributed by atoms with Gasteiger partial charge in [-0.2, -0.15) is 0 Å². The van der Waals surface area contributed by atoms with Crippen LogP contribution in [0.1, 0.15) is 24.7 Å². The first kappa shape index (κ1) is 22.6. The number of imidazole rings is 1. The number of fused-ring (bicyclic) bond motifs is 1. The number of rotatable bonds is 9. The average Bonchev–Trinajstić information content (AvgIpc) is 3.17. The van der Waals surface area contributed by atoms with Gasteiger partial charge >= 0.3 is 0 Å². The minimum Gasteiger partial charge on any atom is -0.497 e. The summed E-state index contributed by atoms with van der Waals surface area (Å²) in [6, 6.07) is 14.6. The predicted molar refractivity (Wildman–Crippen MR) is 126 cm³/mol. The molecular weight excluding hydrogens is 404 g/mol. The molecule has 32 heavy (non-hydrogen) atoms. The quantitative estimate of drug-likeness (QED) is 0.554. The predicted octanol–water partition coefficient (Wildman–Crippen LogP) is 3.14. The summed E-state index contributed by atoms with van der Waals surface area (Å²) in [5.74, 6) is 2.72. The molecule has 3 aromatic rings. The van der Waals surface area contributed by atoms with Gasteiger partial charge in [0.1, 0.15) is 17.3 Å². The summed E-state index contributed by atoms with van der Waals surface area (Å²) in [6.07, 6.45) is 0.752. The highest BCUT2D eigenvalue weighted by molar-refractivity contribution is 5.75. The van der Waals surface area contributed by atoms with Gasteiger partial charge in [-0.25, -0.2) is 4.98 Å². The summed E-state index contributed by atoms with van der Waals surface area (Å²) in [4.78, 5) is 9.83. The van der Waals surface area contributed by atoms with Crippen LogP contribution in [0.4, 0.5) is 0 Å². The van der Waals surface area contributed by atoms with Crippen LogP contribution >= 0.6 is 0 Å². The van der Waals surface area contributed by atoms with E-state index in [2.05, 4.69) is 51.6 Å². The second kappa shape index (κ2) is 10.3. The number of aromatic nitrogens is 2. The van der Waals surface area contributed by atoms with E-state index < -0.39 is 0 Å². The van der Waals surface area contributed by atoms with Crippen LogP contribution in [0.25, 0.3) is 11.0 Å². The topological polar surface area (TPSA) is 63.0 Å². The Balaban J connectivity index is 1.48. The van der Waals surface area contributed by atoms with E-state index in [9.17, 15) is 5.11 Å². The number of aryl methyl sites for hydroxylation is 1. The van der Waals surface area contributed by atoms with E-state index in [1.165, 1.54) is 5.52 Å². The molecule has 1 aliphatic heterocycles. The number of hydrogen-bond donors (Lipinski definition) is 1. The van der Waals surface area contributed by atoms with E-state index >= 15 is 0 Å². The fourth-order valence-electron chi connectivity index (χ4n) is 4.72. The van der Waals surface area contributed by atoms with Gasteiger partial charge in [0.05, 0.1) is 31.8 Å². The van der Waals surface area contributed by atoms with Crippen LogP contribution in [0.3, 0.4) is 0 Å². The number of aliphatic hydroxyl groups is 1.